The van der Waals surface area contributed by atoms with Crippen molar-refractivity contribution in [1.29, 1.82) is 0 Å². The third-order valence-corrected chi connectivity index (χ3v) is 5.65. The highest BCUT2D eigenvalue weighted by molar-refractivity contribution is 7.89. The van der Waals surface area contributed by atoms with Crippen LogP contribution in [0.25, 0.3) is 0 Å². The van der Waals surface area contributed by atoms with Gasteiger partial charge < -0.3 is 10.1 Å². The summed E-state index contributed by atoms with van der Waals surface area (Å²) in [7, 11) is -2.38. The van der Waals surface area contributed by atoms with Gasteiger partial charge in [0.05, 0.1) is 21.0 Å². The molecule has 1 unspecified atom stereocenters. The molecule has 2 aromatic rings. The number of sulfonamides is 1. The second-order valence-corrected chi connectivity index (χ2v) is 7.95. The Morgan fingerprint density at radius 1 is 1.07 bits per heavy atom. The number of halogens is 5. The molecule has 0 radical (unpaired) electrons. The lowest BCUT2D eigenvalue weighted by Crippen LogP contribution is -2.34. The SMILES string of the molecule is CNCC(NS(=O)(=O)c1ccc(OC(F)(F)F)cc1)c1ccc(Cl)c(Cl)c1. The topological polar surface area (TPSA) is 67.4 Å². The smallest absolute Gasteiger partial charge is 0.406 e. The molecule has 0 amide bonds. The molecule has 148 valence electrons. The Morgan fingerprint density at radius 3 is 2.22 bits per heavy atom. The number of alkyl halides is 3. The summed E-state index contributed by atoms with van der Waals surface area (Å²) in [6, 6.07) is 7.92. The number of rotatable bonds is 7. The first kappa shape index (κ1) is 21.8. The van der Waals surface area contributed by atoms with Gasteiger partial charge in [0.15, 0.2) is 0 Å². The van der Waals surface area contributed by atoms with E-state index >= 15 is 0 Å². The van der Waals surface area contributed by atoms with Gasteiger partial charge in [-0.25, -0.2) is 13.1 Å². The fourth-order valence-corrected chi connectivity index (χ4v) is 3.77. The summed E-state index contributed by atoms with van der Waals surface area (Å²) in [4.78, 5) is -0.210. The van der Waals surface area contributed by atoms with E-state index in [0.717, 1.165) is 24.3 Å². The van der Waals surface area contributed by atoms with Crippen LogP contribution < -0.4 is 14.8 Å². The molecule has 0 aromatic heterocycles. The first-order valence-corrected chi connectivity index (χ1v) is 9.73. The molecule has 0 bridgehead atoms. The van der Waals surface area contributed by atoms with Gasteiger partial charge in [-0.2, -0.15) is 0 Å². The van der Waals surface area contributed by atoms with Gasteiger partial charge in [0.2, 0.25) is 10.0 Å². The van der Waals surface area contributed by atoms with Crippen LogP contribution in [0.15, 0.2) is 47.4 Å². The number of likely N-dealkylation sites (N-methyl/N-ethyl adjacent to an activating group) is 1. The fraction of sp³-hybridized carbons (Fsp3) is 0.250. The van der Waals surface area contributed by atoms with Crippen LogP contribution in [0.1, 0.15) is 11.6 Å². The van der Waals surface area contributed by atoms with Gasteiger partial charge >= 0.3 is 6.36 Å². The highest BCUT2D eigenvalue weighted by atomic mass is 35.5. The van der Waals surface area contributed by atoms with Gasteiger partial charge in [0.1, 0.15) is 5.75 Å². The molecular formula is C16H15Cl2F3N2O3S. The molecule has 0 spiro atoms. The molecule has 0 fully saturated rings. The van der Waals surface area contributed by atoms with Crippen molar-refractivity contribution in [2.45, 2.75) is 17.3 Å². The Bertz CT molecular complexity index is 891. The Labute approximate surface area is 164 Å². The number of benzene rings is 2. The normalized spacial score (nSPS) is 13.4. The van der Waals surface area contributed by atoms with Crippen molar-refractivity contribution in [3.63, 3.8) is 0 Å². The molecular weight excluding hydrogens is 428 g/mol. The average Bonchev–Trinajstić information content (AvgIpc) is 2.56. The van der Waals surface area contributed by atoms with Crippen LogP contribution in [0.3, 0.4) is 0 Å². The molecule has 27 heavy (non-hydrogen) atoms. The molecule has 0 aliphatic carbocycles. The Balaban J connectivity index is 2.24. The van der Waals surface area contributed by atoms with Crippen molar-refractivity contribution >= 4 is 33.2 Å². The van der Waals surface area contributed by atoms with Gasteiger partial charge in [-0.1, -0.05) is 29.3 Å². The van der Waals surface area contributed by atoms with Crippen molar-refractivity contribution in [3.05, 3.63) is 58.1 Å². The van der Waals surface area contributed by atoms with Crippen molar-refractivity contribution in [1.82, 2.24) is 10.0 Å². The van der Waals surface area contributed by atoms with E-state index in [0.29, 0.717) is 10.6 Å². The lowest BCUT2D eigenvalue weighted by Gasteiger charge is -2.19. The van der Waals surface area contributed by atoms with Gasteiger partial charge in [-0.05, 0) is 49.0 Å². The van der Waals surface area contributed by atoms with E-state index in [4.69, 9.17) is 23.2 Å². The summed E-state index contributed by atoms with van der Waals surface area (Å²) < 4.78 is 68.0. The highest BCUT2D eigenvalue weighted by Gasteiger charge is 2.31. The molecule has 0 saturated heterocycles. The third kappa shape index (κ3) is 6.25. The first-order valence-electron chi connectivity index (χ1n) is 7.49. The van der Waals surface area contributed by atoms with Crippen LogP contribution in [-0.4, -0.2) is 28.4 Å². The van der Waals surface area contributed by atoms with Gasteiger partial charge in [-0.15, -0.1) is 13.2 Å². The van der Waals surface area contributed by atoms with E-state index in [2.05, 4.69) is 14.8 Å². The molecule has 2 aromatic carbocycles. The summed E-state index contributed by atoms with van der Waals surface area (Å²) in [5, 5.41) is 3.45. The van der Waals surface area contributed by atoms with Crippen LogP contribution in [-0.2, 0) is 10.0 Å². The zero-order chi connectivity index (χ0) is 20.2. The fourth-order valence-electron chi connectivity index (χ4n) is 2.24. The Kier molecular flexibility index (Phi) is 6.98. The maximum Gasteiger partial charge on any atom is 0.573 e. The van der Waals surface area contributed by atoms with Gasteiger partial charge in [0.25, 0.3) is 0 Å². The third-order valence-electron chi connectivity index (χ3n) is 3.42. The van der Waals surface area contributed by atoms with Crippen molar-refractivity contribution < 1.29 is 26.3 Å². The second-order valence-electron chi connectivity index (χ2n) is 5.42. The van der Waals surface area contributed by atoms with E-state index in [9.17, 15) is 21.6 Å². The van der Waals surface area contributed by atoms with Crippen LogP contribution in [0, 0.1) is 0 Å². The molecule has 2 N–H and O–H groups in total. The molecule has 0 aliphatic heterocycles. The molecule has 0 aliphatic rings. The lowest BCUT2D eigenvalue weighted by molar-refractivity contribution is -0.274. The van der Waals surface area contributed by atoms with E-state index < -0.39 is 28.2 Å². The zero-order valence-electron chi connectivity index (χ0n) is 13.8. The minimum absolute atomic E-state index is 0.210. The predicted molar refractivity (Wildman–Crippen MR) is 96.6 cm³/mol. The minimum atomic E-state index is -4.86. The van der Waals surface area contributed by atoms with Crippen molar-refractivity contribution in [2.75, 3.05) is 13.6 Å². The summed E-state index contributed by atoms with van der Waals surface area (Å²) in [6.45, 7) is 0.243. The first-order chi connectivity index (χ1) is 12.5. The van der Waals surface area contributed by atoms with Gasteiger partial charge in [0, 0.05) is 6.54 Å². The summed E-state index contributed by atoms with van der Waals surface area (Å²) >= 11 is 11.9. The standard InChI is InChI=1S/C16H15Cl2F3N2O3S/c1-22-9-15(10-2-7-13(17)14(18)8-10)23-27(24,25)12-5-3-11(4-6-12)26-16(19,20)21/h2-8,15,22-23H,9H2,1H3. The average molecular weight is 443 g/mol. The summed E-state index contributed by atoms with van der Waals surface area (Å²) in [5.74, 6) is -0.516. The van der Waals surface area contributed by atoms with Crippen molar-refractivity contribution in [2.24, 2.45) is 0 Å². The Morgan fingerprint density at radius 2 is 1.70 bits per heavy atom. The van der Waals surface area contributed by atoms with E-state index in [1.165, 1.54) is 6.07 Å². The molecule has 1 atom stereocenters. The number of hydrogen-bond acceptors (Lipinski definition) is 4. The number of ether oxygens (including phenoxy) is 1. The molecule has 11 heteroatoms. The van der Waals surface area contributed by atoms with Gasteiger partial charge in [-0.3, -0.25) is 0 Å². The lowest BCUT2D eigenvalue weighted by atomic mass is 10.1. The summed E-state index contributed by atoms with van der Waals surface area (Å²) in [6.07, 6.45) is -4.86. The van der Waals surface area contributed by atoms with Crippen molar-refractivity contribution in [3.8, 4) is 5.75 Å². The maximum absolute atomic E-state index is 12.6. The Hall–Kier alpha value is -1.52. The minimum Gasteiger partial charge on any atom is -0.406 e. The van der Waals surface area contributed by atoms with Crippen LogP contribution in [0.4, 0.5) is 13.2 Å². The monoisotopic (exact) mass is 442 g/mol. The van der Waals surface area contributed by atoms with E-state index in [1.807, 2.05) is 0 Å². The van der Waals surface area contributed by atoms with Crippen LogP contribution >= 0.6 is 23.2 Å². The van der Waals surface area contributed by atoms with Crippen LogP contribution in [0.5, 0.6) is 5.75 Å². The molecule has 2 rings (SSSR count). The van der Waals surface area contributed by atoms with E-state index in [1.54, 1.807) is 19.2 Å². The highest BCUT2D eigenvalue weighted by Crippen LogP contribution is 2.27. The summed E-state index contributed by atoms with van der Waals surface area (Å²) in [5.41, 5.74) is 0.569. The molecule has 5 nitrogen and oxygen atoms in total. The molecule has 0 heterocycles. The predicted octanol–water partition coefficient (Wildman–Crippen LogP) is 4.13. The number of nitrogens with one attached hydrogen (secondary N) is 2. The zero-order valence-corrected chi connectivity index (χ0v) is 16.2. The second kappa shape index (κ2) is 8.66. The van der Waals surface area contributed by atoms with E-state index in [-0.39, 0.29) is 16.5 Å². The quantitative estimate of drug-likeness (QED) is 0.676. The molecule has 0 saturated carbocycles. The number of hydrogen-bond donors (Lipinski definition) is 2. The largest absolute Gasteiger partial charge is 0.573 e. The van der Waals surface area contributed by atoms with Crippen LogP contribution in [0.2, 0.25) is 10.0 Å². The maximum atomic E-state index is 12.6.